The van der Waals surface area contributed by atoms with Crippen molar-refractivity contribution >= 4 is 16.8 Å². The van der Waals surface area contributed by atoms with Crippen molar-refractivity contribution in [1.82, 2.24) is 0 Å². The zero-order valence-corrected chi connectivity index (χ0v) is 8.34. The predicted octanol–water partition coefficient (Wildman–Crippen LogP) is 1.91. The van der Waals surface area contributed by atoms with Crippen LogP contribution < -0.4 is 9.47 Å². The number of fused-ring (bicyclic) bond motifs is 1. The molecule has 0 bridgehead atoms. The van der Waals surface area contributed by atoms with E-state index < -0.39 is 0 Å². The molecule has 0 N–H and O–H groups in total. The first-order valence-corrected chi connectivity index (χ1v) is 5.49. The first kappa shape index (κ1) is 8.17. The van der Waals surface area contributed by atoms with Crippen LogP contribution in [0.3, 0.4) is 0 Å². The van der Waals surface area contributed by atoms with Crippen LogP contribution in [0.5, 0.6) is 11.5 Å². The monoisotopic (exact) mass is 207 g/mol. The molecule has 0 spiro atoms. The first-order chi connectivity index (χ1) is 6.93. The average Bonchev–Trinajstić information content (AvgIpc) is 2.88. The highest BCUT2D eigenvalue weighted by molar-refractivity contribution is 8.14. The number of ether oxygens (including phenoxy) is 2. The van der Waals surface area contributed by atoms with Gasteiger partial charge in [-0.2, -0.15) is 0 Å². The molecule has 0 amide bonds. The van der Waals surface area contributed by atoms with Crippen molar-refractivity contribution in [3.05, 3.63) is 23.8 Å². The van der Waals surface area contributed by atoms with Gasteiger partial charge in [0, 0.05) is 17.9 Å². The fourth-order valence-electron chi connectivity index (χ4n) is 1.54. The van der Waals surface area contributed by atoms with Crippen LogP contribution in [0.1, 0.15) is 5.56 Å². The summed E-state index contributed by atoms with van der Waals surface area (Å²) in [6.07, 6.45) is 0. The number of hydrogen-bond donors (Lipinski definition) is 0. The van der Waals surface area contributed by atoms with E-state index in [2.05, 4.69) is 4.99 Å². The minimum atomic E-state index is 0.332. The van der Waals surface area contributed by atoms with Gasteiger partial charge in [0.2, 0.25) is 6.79 Å². The lowest BCUT2D eigenvalue weighted by Gasteiger charge is -2.01. The SMILES string of the molecule is c1cc2c(cc1C1=NCCS1)OCO2. The van der Waals surface area contributed by atoms with E-state index >= 15 is 0 Å². The smallest absolute Gasteiger partial charge is 0.231 e. The molecule has 0 fully saturated rings. The highest BCUT2D eigenvalue weighted by atomic mass is 32.2. The maximum absolute atomic E-state index is 5.31. The lowest BCUT2D eigenvalue weighted by atomic mass is 10.2. The maximum atomic E-state index is 5.31. The van der Waals surface area contributed by atoms with Crippen LogP contribution in [-0.2, 0) is 0 Å². The molecule has 72 valence electrons. The molecule has 1 aromatic rings. The molecule has 14 heavy (non-hydrogen) atoms. The third-order valence-corrected chi connectivity index (χ3v) is 3.23. The molecule has 0 radical (unpaired) electrons. The van der Waals surface area contributed by atoms with Crippen LogP contribution in [0, 0.1) is 0 Å². The van der Waals surface area contributed by atoms with Gasteiger partial charge in [0.1, 0.15) is 0 Å². The summed E-state index contributed by atoms with van der Waals surface area (Å²) < 4.78 is 10.6. The molecule has 4 heteroatoms. The van der Waals surface area contributed by atoms with E-state index in [4.69, 9.17) is 9.47 Å². The molecule has 0 unspecified atom stereocenters. The average molecular weight is 207 g/mol. The molecular weight excluding hydrogens is 198 g/mol. The highest BCUT2D eigenvalue weighted by Gasteiger charge is 2.16. The zero-order chi connectivity index (χ0) is 9.38. The molecule has 0 aromatic heterocycles. The largest absolute Gasteiger partial charge is 0.454 e. The van der Waals surface area contributed by atoms with Crippen LogP contribution in [0.25, 0.3) is 0 Å². The number of rotatable bonds is 1. The number of benzene rings is 1. The standard InChI is InChI=1S/C10H9NO2S/c1-2-8-9(13-6-12-8)5-7(1)10-11-3-4-14-10/h1-2,5H,3-4,6H2. The Balaban J connectivity index is 2.00. The molecule has 3 rings (SSSR count). The Hall–Kier alpha value is -1.16. The second-order valence-electron chi connectivity index (χ2n) is 3.10. The first-order valence-electron chi connectivity index (χ1n) is 4.51. The van der Waals surface area contributed by atoms with Crippen molar-refractivity contribution in [2.24, 2.45) is 4.99 Å². The van der Waals surface area contributed by atoms with Crippen molar-refractivity contribution in [2.45, 2.75) is 0 Å². The van der Waals surface area contributed by atoms with Crippen molar-refractivity contribution in [2.75, 3.05) is 19.1 Å². The number of nitrogens with zero attached hydrogens (tertiary/aromatic N) is 1. The molecule has 0 saturated carbocycles. The van der Waals surface area contributed by atoms with E-state index in [0.29, 0.717) is 6.79 Å². The predicted molar refractivity (Wildman–Crippen MR) is 56.4 cm³/mol. The second-order valence-corrected chi connectivity index (χ2v) is 4.19. The van der Waals surface area contributed by atoms with Crippen molar-refractivity contribution in [3.63, 3.8) is 0 Å². The number of thioether (sulfide) groups is 1. The van der Waals surface area contributed by atoms with Gasteiger partial charge < -0.3 is 9.47 Å². The van der Waals surface area contributed by atoms with Crippen LogP contribution in [0.2, 0.25) is 0 Å². The van der Waals surface area contributed by atoms with Gasteiger partial charge in [0.15, 0.2) is 11.5 Å². The molecular formula is C10H9NO2S. The van der Waals surface area contributed by atoms with E-state index in [1.165, 1.54) is 0 Å². The van der Waals surface area contributed by atoms with E-state index in [1.807, 2.05) is 18.2 Å². The van der Waals surface area contributed by atoms with Gasteiger partial charge in [-0.05, 0) is 18.2 Å². The summed E-state index contributed by atoms with van der Waals surface area (Å²) in [6, 6.07) is 5.98. The Morgan fingerprint density at radius 3 is 3.00 bits per heavy atom. The molecule has 3 nitrogen and oxygen atoms in total. The lowest BCUT2D eigenvalue weighted by molar-refractivity contribution is 0.174. The van der Waals surface area contributed by atoms with Gasteiger partial charge >= 0.3 is 0 Å². The van der Waals surface area contributed by atoms with Crippen LogP contribution in [0.15, 0.2) is 23.2 Å². The van der Waals surface area contributed by atoms with Gasteiger partial charge in [-0.1, -0.05) is 0 Å². The molecule has 0 atom stereocenters. The summed E-state index contributed by atoms with van der Waals surface area (Å²) in [5.74, 6) is 2.75. The highest BCUT2D eigenvalue weighted by Crippen LogP contribution is 2.34. The zero-order valence-electron chi connectivity index (χ0n) is 7.53. The Bertz CT molecular complexity index is 403. The van der Waals surface area contributed by atoms with Gasteiger partial charge in [0.25, 0.3) is 0 Å². The second kappa shape index (κ2) is 3.20. The summed E-state index contributed by atoms with van der Waals surface area (Å²) in [5.41, 5.74) is 1.14. The van der Waals surface area contributed by atoms with Crippen LogP contribution in [0.4, 0.5) is 0 Å². The lowest BCUT2D eigenvalue weighted by Crippen LogP contribution is -1.93. The molecule has 2 heterocycles. The Morgan fingerprint density at radius 1 is 1.21 bits per heavy atom. The van der Waals surface area contributed by atoms with E-state index in [0.717, 1.165) is 34.4 Å². The van der Waals surface area contributed by atoms with E-state index in [1.54, 1.807) is 11.8 Å². The number of hydrogen-bond acceptors (Lipinski definition) is 4. The third-order valence-electron chi connectivity index (χ3n) is 2.20. The summed E-state index contributed by atoms with van der Waals surface area (Å²) in [4.78, 5) is 4.41. The normalized spacial score (nSPS) is 18.4. The Labute approximate surface area is 86.1 Å². The molecule has 0 aliphatic carbocycles. The maximum Gasteiger partial charge on any atom is 0.231 e. The van der Waals surface area contributed by atoms with Gasteiger partial charge in [-0.15, -0.1) is 11.8 Å². The minimum absolute atomic E-state index is 0.332. The van der Waals surface area contributed by atoms with Crippen LogP contribution >= 0.6 is 11.8 Å². The van der Waals surface area contributed by atoms with Crippen molar-refractivity contribution in [1.29, 1.82) is 0 Å². The van der Waals surface area contributed by atoms with Gasteiger partial charge in [0.05, 0.1) is 5.04 Å². The Morgan fingerprint density at radius 2 is 2.14 bits per heavy atom. The summed E-state index contributed by atoms with van der Waals surface area (Å²) in [6.45, 7) is 1.26. The fraction of sp³-hybridized carbons (Fsp3) is 0.300. The summed E-state index contributed by atoms with van der Waals surface area (Å²) in [7, 11) is 0. The summed E-state index contributed by atoms with van der Waals surface area (Å²) >= 11 is 1.79. The minimum Gasteiger partial charge on any atom is -0.454 e. The van der Waals surface area contributed by atoms with Crippen molar-refractivity contribution in [3.8, 4) is 11.5 Å². The summed E-state index contributed by atoms with van der Waals surface area (Å²) in [5, 5.41) is 1.11. The number of aliphatic imine (C=N–C) groups is 1. The topological polar surface area (TPSA) is 30.8 Å². The third kappa shape index (κ3) is 1.26. The molecule has 0 saturated heterocycles. The van der Waals surface area contributed by atoms with E-state index in [9.17, 15) is 0 Å². The van der Waals surface area contributed by atoms with Gasteiger partial charge in [-0.3, -0.25) is 4.99 Å². The van der Waals surface area contributed by atoms with Crippen LogP contribution in [-0.4, -0.2) is 24.1 Å². The van der Waals surface area contributed by atoms with Crippen molar-refractivity contribution < 1.29 is 9.47 Å². The molecule has 1 aromatic carbocycles. The molecule has 2 aliphatic rings. The molecule has 2 aliphatic heterocycles. The Kier molecular flexibility index (Phi) is 1.87. The fourth-order valence-corrected chi connectivity index (χ4v) is 2.39. The quantitative estimate of drug-likeness (QED) is 0.704. The van der Waals surface area contributed by atoms with E-state index in [-0.39, 0.29) is 0 Å². The van der Waals surface area contributed by atoms with Gasteiger partial charge in [-0.25, -0.2) is 0 Å².